The number of ether oxygens (including phenoxy) is 2. The van der Waals surface area contributed by atoms with Crippen molar-refractivity contribution < 1.29 is 19.1 Å². The first-order valence-corrected chi connectivity index (χ1v) is 6.94. The largest absolute Gasteiger partial charge is 0.482 e. The summed E-state index contributed by atoms with van der Waals surface area (Å²) >= 11 is 0. The van der Waals surface area contributed by atoms with Crippen LogP contribution in [0.3, 0.4) is 0 Å². The minimum absolute atomic E-state index is 0.000232. The van der Waals surface area contributed by atoms with E-state index in [9.17, 15) is 9.59 Å². The van der Waals surface area contributed by atoms with E-state index in [1.54, 1.807) is 24.3 Å². The van der Waals surface area contributed by atoms with E-state index in [4.69, 9.17) is 4.74 Å². The molecule has 1 heterocycles. The fourth-order valence-corrected chi connectivity index (χ4v) is 2.29. The molecule has 2 N–H and O–H groups in total. The summed E-state index contributed by atoms with van der Waals surface area (Å²) in [5.74, 6) is 0.139. The maximum absolute atomic E-state index is 12.1. The quantitative estimate of drug-likeness (QED) is 0.797. The first-order chi connectivity index (χ1) is 10.1. The number of carbonyl (C=O) groups is 2. The zero-order valence-electron chi connectivity index (χ0n) is 12.2. The molecule has 1 aliphatic rings. The van der Waals surface area contributed by atoms with Crippen LogP contribution in [0.25, 0.3) is 0 Å². The summed E-state index contributed by atoms with van der Waals surface area (Å²) in [6.07, 6.45) is 0.854. The fraction of sp³-hybridized carbons (Fsp3) is 0.467. The Morgan fingerprint density at radius 2 is 2.05 bits per heavy atom. The number of rotatable bonds is 5. The van der Waals surface area contributed by atoms with Gasteiger partial charge in [-0.15, -0.1) is 0 Å². The van der Waals surface area contributed by atoms with Gasteiger partial charge in [0.15, 0.2) is 6.61 Å². The maximum Gasteiger partial charge on any atom is 0.343 e. The molecule has 1 aromatic rings. The van der Waals surface area contributed by atoms with Gasteiger partial charge in [0.05, 0.1) is 13.0 Å². The number of benzene rings is 1. The van der Waals surface area contributed by atoms with Crippen molar-refractivity contribution in [2.45, 2.75) is 19.4 Å². The molecule has 21 heavy (non-hydrogen) atoms. The molecule has 6 nitrogen and oxygen atoms in total. The van der Waals surface area contributed by atoms with Crippen molar-refractivity contribution in [1.29, 1.82) is 0 Å². The molecular formula is C15H20N2O4. The monoisotopic (exact) mass is 292 g/mol. The van der Waals surface area contributed by atoms with Gasteiger partial charge in [-0.05, 0) is 44.2 Å². The Morgan fingerprint density at radius 1 is 1.33 bits per heavy atom. The lowest BCUT2D eigenvalue weighted by atomic mass is 10.0. The van der Waals surface area contributed by atoms with Crippen LogP contribution in [-0.2, 0) is 14.3 Å². The highest BCUT2D eigenvalue weighted by Crippen LogP contribution is 2.20. The average molecular weight is 292 g/mol. The average Bonchev–Trinajstić information content (AvgIpc) is 2.92. The molecule has 2 atom stereocenters. The van der Waals surface area contributed by atoms with E-state index < -0.39 is 5.97 Å². The Bertz CT molecular complexity index is 501. The molecule has 6 heteroatoms. The second kappa shape index (κ2) is 7.08. The Kier molecular flexibility index (Phi) is 5.16. The maximum atomic E-state index is 12.1. The molecule has 1 fully saturated rings. The molecule has 1 aromatic carbocycles. The summed E-state index contributed by atoms with van der Waals surface area (Å²) in [7, 11) is 1.31. The lowest BCUT2D eigenvalue weighted by molar-refractivity contribution is -0.142. The van der Waals surface area contributed by atoms with Crippen LogP contribution in [0.5, 0.6) is 5.75 Å². The van der Waals surface area contributed by atoms with Crippen molar-refractivity contribution in [2.75, 3.05) is 25.6 Å². The first kappa shape index (κ1) is 15.3. The van der Waals surface area contributed by atoms with E-state index in [-0.39, 0.29) is 24.5 Å². The fourth-order valence-electron chi connectivity index (χ4n) is 2.29. The summed E-state index contributed by atoms with van der Waals surface area (Å²) in [6, 6.07) is 7.10. The zero-order chi connectivity index (χ0) is 15.2. The normalized spacial score (nSPS) is 20.9. The van der Waals surface area contributed by atoms with Crippen molar-refractivity contribution in [3.8, 4) is 5.75 Å². The summed E-state index contributed by atoms with van der Waals surface area (Å²) < 4.78 is 9.73. The molecule has 0 radical (unpaired) electrons. The number of nitrogens with one attached hydrogen (secondary N) is 2. The summed E-state index contributed by atoms with van der Waals surface area (Å²) in [5, 5.41) is 6.14. The third-order valence-electron chi connectivity index (χ3n) is 3.57. The smallest absolute Gasteiger partial charge is 0.343 e. The third kappa shape index (κ3) is 4.19. The van der Waals surface area contributed by atoms with E-state index >= 15 is 0 Å². The lowest BCUT2D eigenvalue weighted by Crippen LogP contribution is -2.32. The third-order valence-corrected chi connectivity index (χ3v) is 3.57. The van der Waals surface area contributed by atoms with Crippen LogP contribution in [0, 0.1) is 5.92 Å². The van der Waals surface area contributed by atoms with Crippen LogP contribution in [0.2, 0.25) is 0 Å². The summed E-state index contributed by atoms with van der Waals surface area (Å²) in [4.78, 5) is 23.1. The van der Waals surface area contributed by atoms with Gasteiger partial charge in [-0.3, -0.25) is 4.79 Å². The van der Waals surface area contributed by atoms with Crippen molar-refractivity contribution in [3.05, 3.63) is 24.3 Å². The Morgan fingerprint density at radius 3 is 2.62 bits per heavy atom. The van der Waals surface area contributed by atoms with Crippen LogP contribution in [0.1, 0.15) is 13.3 Å². The predicted octanol–water partition coefficient (Wildman–Crippen LogP) is 1.17. The van der Waals surface area contributed by atoms with Gasteiger partial charge < -0.3 is 20.1 Å². The molecule has 0 spiro atoms. The van der Waals surface area contributed by atoms with E-state index in [1.165, 1.54) is 7.11 Å². The molecule has 1 aliphatic heterocycles. The van der Waals surface area contributed by atoms with Crippen molar-refractivity contribution >= 4 is 17.6 Å². The number of amides is 1. The van der Waals surface area contributed by atoms with Crippen LogP contribution in [0.4, 0.5) is 5.69 Å². The van der Waals surface area contributed by atoms with E-state index in [0.29, 0.717) is 11.4 Å². The number of anilines is 1. The second-order valence-corrected chi connectivity index (χ2v) is 5.02. The van der Waals surface area contributed by atoms with Crippen LogP contribution >= 0.6 is 0 Å². The van der Waals surface area contributed by atoms with Gasteiger partial charge >= 0.3 is 5.97 Å². The molecule has 114 valence electrons. The summed E-state index contributed by atoms with van der Waals surface area (Å²) in [5.41, 5.74) is 0.713. The van der Waals surface area contributed by atoms with Crippen molar-refractivity contribution in [1.82, 2.24) is 5.32 Å². The van der Waals surface area contributed by atoms with Crippen LogP contribution < -0.4 is 15.4 Å². The topological polar surface area (TPSA) is 76.7 Å². The molecule has 2 unspecified atom stereocenters. The highest BCUT2D eigenvalue weighted by Gasteiger charge is 2.29. The predicted molar refractivity (Wildman–Crippen MR) is 78.2 cm³/mol. The molecule has 1 saturated heterocycles. The van der Waals surface area contributed by atoms with Crippen LogP contribution in [-0.4, -0.2) is 38.2 Å². The summed E-state index contributed by atoms with van der Waals surface area (Å²) in [6.45, 7) is 2.76. The number of carbonyl (C=O) groups excluding carboxylic acids is 2. The highest BCUT2D eigenvalue weighted by molar-refractivity contribution is 5.93. The van der Waals surface area contributed by atoms with Gasteiger partial charge in [0.1, 0.15) is 5.75 Å². The minimum Gasteiger partial charge on any atom is -0.482 e. The van der Waals surface area contributed by atoms with Gasteiger partial charge in [0.25, 0.3) is 0 Å². The van der Waals surface area contributed by atoms with Crippen LogP contribution in [0.15, 0.2) is 24.3 Å². The highest BCUT2D eigenvalue weighted by atomic mass is 16.6. The van der Waals surface area contributed by atoms with Gasteiger partial charge in [-0.25, -0.2) is 4.79 Å². The van der Waals surface area contributed by atoms with Crippen molar-refractivity contribution in [3.63, 3.8) is 0 Å². The van der Waals surface area contributed by atoms with Gasteiger partial charge in [0.2, 0.25) is 5.91 Å². The molecule has 0 aliphatic carbocycles. The first-order valence-electron chi connectivity index (χ1n) is 6.94. The molecule has 0 aromatic heterocycles. The Hall–Kier alpha value is -2.08. The van der Waals surface area contributed by atoms with Gasteiger partial charge in [-0.1, -0.05) is 0 Å². The van der Waals surface area contributed by atoms with Crippen molar-refractivity contribution in [2.24, 2.45) is 5.92 Å². The Labute approximate surface area is 123 Å². The number of methoxy groups -OCH3 is 1. The number of hydrogen-bond acceptors (Lipinski definition) is 5. The van der Waals surface area contributed by atoms with Gasteiger partial charge in [0, 0.05) is 11.7 Å². The van der Waals surface area contributed by atoms with E-state index in [1.807, 2.05) is 6.92 Å². The SMILES string of the molecule is COC(=O)COc1ccc(NC(=O)C2CCNC2C)cc1. The van der Waals surface area contributed by atoms with E-state index in [0.717, 1.165) is 13.0 Å². The minimum atomic E-state index is -0.435. The molecule has 0 saturated carbocycles. The molecule has 0 bridgehead atoms. The number of esters is 1. The second-order valence-electron chi connectivity index (χ2n) is 5.02. The zero-order valence-corrected chi connectivity index (χ0v) is 12.2. The lowest BCUT2D eigenvalue weighted by Gasteiger charge is -2.15. The Balaban J connectivity index is 1.87. The van der Waals surface area contributed by atoms with Gasteiger partial charge in [-0.2, -0.15) is 0 Å². The molecular weight excluding hydrogens is 272 g/mol. The molecule has 2 rings (SSSR count). The number of hydrogen-bond donors (Lipinski definition) is 2. The van der Waals surface area contributed by atoms with E-state index in [2.05, 4.69) is 15.4 Å². The molecule has 1 amide bonds. The standard InChI is InChI=1S/C15H20N2O4/c1-10-13(7-8-16-10)15(19)17-11-3-5-12(6-4-11)21-9-14(18)20-2/h3-6,10,13,16H,7-9H2,1-2H3,(H,17,19).